The smallest absolute Gasteiger partial charge is 0.116 e. The number of rotatable bonds is 2. The van der Waals surface area contributed by atoms with Crippen molar-refractivity contribution in [1.29, 1.82) is 0 Å². The van der Waals surface area contributed by atoms with Gasteiger partial charge in [0, 0.05) is 6.04 Å². The van der Waals surface area contributed by atoms with E-state index in [1.54, 1.807) is 0 Å². The highest BCUT2D eigenvalue weighted by atomic mass is 16.1. The van der Waals surface area contributed by atoms with Gasteiger partial charge < -0.3 is 14.6 Å². The van der Waals surface area contributed by atoms with Crippen molar-refractivity contribution in [2.75, 3.05) is 33.7 Å². The maximum atomic E-state index is 8.81. The molecule has 0 unspecified atom stereocenters. The minimum atomic E-state index is 0.750. The maximum Gasteiger partial charge on any atom is 0.116 e. The van der Waals surface area contributed by atoms with Gasteiger partial charge in [-0.15, -0.1) is 0 Å². The van der Waals surface area contributed by atoms with Gasteiger partial charge in [0.1, 0.15) is 6.29 Å². The zero-order valence-electron chi connectivity index (χ0n) is 12.0. The summed E-state index contributed by atoms with van der Waals surface area (Å²) in [6, 6.07) is 0.831. The first-order valence-electron chi connectivity index (χ1n) is 6.44. The van der Waals surface area contributed by atoms with Gasteiger partial charge in [-0.25, -0.2) is 0 Å². The summed E-state index contributed by atoms with van der Waals surface area (Å²) >= 11 is 0. The molecule has 0 saturated carbocycles. The van der Waals surface area contributed by atoms with Crippen molar-refractivity contribution in [2.45, 2.75) is 46.6 Å². The molecule has 98 valence electrons. The molecule has 0 N–H and O–H groups in total. The Morgan fingerprint density at radius 2 is 1.62 bits per heavy atom. The van der Waals surface area contributed by atoms with Gasteiger partial charge in [0.15, 0.2) is 0 Å². The van der Waals surface area contributed by atoms with Crippen LogP contribution in [0.1, 0.15) is 40.5 Å². The molecule has 0 amide bonds. The molecule has 0 radical (unpaired) electrons. The molecule has 3 heteroatoms. The highest BCUT2D eigenvalue weighted by Crippen LogP contribution is 2.13. The predicted molar refractivity (Wildman–Crippen MR) is 71.9 cm³/mol. The van der Waals surface area contributed by atoms with Gasteiger partial charge in [0.05, 0.1) is 0 Å². The third-order valence-electron chi connectivity index (χ3n) is 2.73. The lowest BCUT2D eigenvalue weighted by atomic mass is 10.0. The zero-order valence-corrected chi connectivity index (χ0v) is 12.0. The molecule has 0 aromatic rings. The van der Waals surface area contributed by atoms with E-state index in [2.05, 4.69) is 30.8 Å². The van der Waals surface area contributed by atoms with E-state index in [1.165, 1.54) is 39.4 Å². The Morgan fingerprint density at radius 1 is 1.25 bits per heavy atom. The maximum absolute atomic E-state index is 8.81. The number of likely N-dealkylation sites (tertiary alicyclic amines) is 1. The summed E-state index contributed by atoms with van der Waals surface area (Å²) in [4.78, 5) is 13.7. The van der Waals surface area contributed by atoms with Crippen LogP contribution in [0.2, 0.25) is 0 Å². The molecule has 0 atom stereocenters. The monoisotopic (exact) mass is 230 g/mol. The van der Waals surface area contributed by atoms with Crippen molar-refractivity contribution in [3.63, 3.8) is 0 Å². The molecule has 0 spiro atoms. The molecule has 16 heavy (non-hydrogen) atoms. The lowest BCUT2D eigenvalue weighted by Gasteiger charge is -2.34. The van der Waals surface area contributed by atoms with Crippen molar-refractivity contribution in [3.8, 4) is 0 Å². The van der Waals surface area contributed by atoms with Crippen LogP contribution in [0.15, 0.2) is 0 Å². The van der Waals surface area contributed by atoms with Crippen molar-refractivity contribution >= 4 is 6.29 Å². The SMILES string of the molecule is CC.CC=O.CCN1CCC(N(C)C)CC1. The molecule has 1 heterocycles. The molecule has 1 aliphatic heterocycles. The van der Waals surface area contributed by atoms with E-state index in [0.717, 1.165) is 12.3 Å². The van der Waals surface area contributed by atoms with Crippen LogP contribution < -0.4 is 0 Å². The molecule has 0 aliphatic carbocycles. The van der Waals surface area contributed by atoms with Gasteiger partial charge in [-0.2, -0.15) is 0 Å². The van der Waals surface area contributed by atoms with Gasteiger partial charge in [0.25, 0.3) is 0 Å². The first-order valence-corrected chi connectivity index (χ1v) is 6.44. The Hall–Kier alpha value is -0.410. The van der Waals surface area contributed by atoms with E-state index in [1.807, 2.05) is 13.8 Å². The minimum Gasteiger partial charge on any atom is -0.306 e. The van der Waals surface area contributed by atoms with Crippen LogP contribution in [0.3, 0.4) is 0 Å². The third-order valence-corrected chi connectivity index (χ3v) is 2.73. The Balaban J connectivity index is 0. The number of hydrogen-bond donors (Lipinski definition) is 0. The molecule has 1 aliphatic rings. The Morgan fingerprint density at radius 3 is 1.88 bits per heavy atom. The molecule has 1 fully saturated rings. The second kappa shape index (κ2) is 12.7. The minimum absolute atomic E-state index is 0.750. The molecule has 0 aromatic heterocycles. The molecule has 1 saturated heterocycles. The summed E-state index contributed by atoms with van der Waals surface area (Å²) in [7, 11) is 4.37. The van der Waals surface area contributed by atoms with Gasteiger partial charge in [-0.05, 0) is 53.5 Å². The van der Waals surface area contributed by atoms with E-state index in [9.17, 15) is 0 Å². The number of carbonyl (C=O) groups is 1. The number of piperidine rings is 1. The van der Waals surface area contributed by atoms with E-state index >= 15 is 0 Å². The fraction of sp³-hybridized carbons (Fsp3) is 0.923. The Bertz CT molecular complexity index is 141. The Kier molecular flexibility index (Phi) is 14.2. The van der Waals surface area contributed by atoms with Crippen molar-refractivity contribution in [1.82, 2.24) is 9.80 Å². The molecule has 1 rings (SSSR count). The first-order chi connectivity index (χ1) is 7.65. The zero-order chi connectivity index (χ0) is 13.0. The largest absolute Gasteiger partial charge is 0.306 e. The fourth-order valence-corrected chi connectivity index (χ4v) is 1.75. The summed E-state index contributed by atoms with van der Waals surface area (Å²) in [5, 5.41) is 0. The second-order valence-corrected chi connectivity index (χ2v) is 3.86. The van der Waals surface area contributed by atoms with Crippen LogP contribution in [0.4, 0.5) is 0 Å². The Labute approximate surface area is 102 Å². The quantitative estimate of drug-likeness (QED) is 0.680. The highest BCUT2D eigenvalue weighted by Gasteiger charge is 2.18. The van der Waals surface area contributed by atoms with Crippen molar-refractivity contribution in [3.05, 3.63) is 0 Å². The summed E-state index contributed by atoms with van der Waals surface area (Å²) in [5.74, 6) is 0. The molecular formula is C13H30N2O. The van der Waals surface area contributed by atoms with Crippen LogP contribution in [-0.4, -0.2) is 55.9 Å². The average Bonchev–Trinajstić information content (AvgIpc) is 2.33. The van der Waals surface area contributed by atoms with Gasteiger partial charge in [-0.3, -0.25) is 0 Å². The number of carbonyl (C=O) groups excluding carboxylic acids is 1. The van der Waals surface area contributed by atoms with Crippen LogP contribution in [0, 0.1) is 0 Å². The van der Waals surface area contributed by atoms with Crippen LogP contribution in [-0.2, 0) is 4.79 Å². The average molecular weight is 230 g/mol. The van der Waals surface area contributed by atoms with Crippen LogP contribution >= 0.6 is 0 Å². The standard InChI is InChI=1S/C9H20N2.C2H4O.C2H6/c1-4-11-7-5-9(6-8-11)10(2)3;1-2-3;1-2/h9H,4-8H2,1-3H3;2H,1H3;1-2H3. The van der Waals surface area contributed by atoms with E-state index < -0.39 is 0 Å². The molecule has 3 nitrogen and oxygen atoms in total. The lowest BCUT2D eigenvalue weighted by Crippen LogP contribution is -2.41. The van der Waals surface area contributed by atoms with Gasteiger partial charge in [0.2, 0.25) is 0 Å². The normalized spacial score (nSPS) is 16.9. The lowest BCUT2D eigenvalue weighted by molar-refractivity contribution is -0.106. The van der Waals surface area contributed by atoms with Crippen molar-refractivity contribution < 1.29 is 4.79 Å². The number of hydrogen-bond acceptors (Lipinski definition) is 3. The third kappa shape index (κ3) is 8.86. The highest BCUT2D eigenvalue weighted by molar-refractivity contribution is 5.44. The van der Waals surface area contributed by atoms with Crippen LogP contribution in [0.5, 0.6) is 0 Å². The molecule has 0 aromatic carbocycles. The summed E-state index contributed by atoms with van der Waals surface area (Å²) in [5.41, 5.74) is 0. The summed E-state index contributed by atoms with van der Waals surface area (Å²) in [6.45, 7) is 11.5. The molecular weight excluding hydrogens is 200 g/mol. The second-order valence-electron chi connectivity index (χ2n) is 3.86. The van der Waals surface area contributed by atoms with Crippen molar-refractivity contribution in [2.24, 2.45) is 0 Å². The van der Waals surface area contributed by atoms with E-state index in [0.29, 0.717) is 0 Å². The van der Waals surface area contributed by atoms with Gasteiger partial charge in [-0.1, -0.05) is 20.8 Å². The molecule has 0 bridgehead atoms. The van der Waals surface area contributed by atoms with Crippen LogP contribution in [0.25, 0.3) is 0 Å². The van der Waals surface area contributed by atoms with E-state index in [-0.39, 0.29) is 0 Å². The topological polar surface area (TPSA) is 23.6 Å². The summed E-state index contributed by atoms with van der Waals surface area (Å²) in [6.07, 6.45) is 3.45. The summed E-state index contributed by atoms with van der Waals surface area (Å²) < 4.78 is 0. The first kappa shape index (κ1) is 18.0. The van der Waals surface area contributed by atoms with Gasteiger partial charge >= 0.3 is 0 Å². The fourth-order valence-electron chi connectivity index (χ4n) is 1.75. The number of aldehydes is 1. The van der Waals surface area contributed by atoms with E-state index in [4.69, 9.17) is 4.79 Å². The predicted octanol–water partition coefficient (Wildman–Crippen LogP) is 2.26. The number of nitrogens with zero attached hydrogens (tertiary/aromatic N) is 2.